The Balaban J connectivity index is 1.46. The molecule has 2 aliphatic rings. The first-order valence-corrected chi connectivity index (χ1v) is 12.7. The Kier molecular flexibility index (Phi) is 6.72. The van der Waals surface area contributed by atoms with Crippen molar-refractivity contribution >= 4 is 44.6 Å². The quantitative estimate of drug-likeness (QED) is 0.360. The number of allylic oxidation sites excluding steroid dienone is 2. The normalized spacial score (nSPS) is 20.0. The molecule has 9 nitrogen and oxygen atoms in total. The number of halogens is 1. The highest BCUT2D eigenvalue weighted by Crippen LogP contribution is 2.40. The van der Waals surface area contributed by atoms with Crippen molar-refractivity contribution in [2.24, 2.45) is 5.92 Å². The SMILES string of the molecule is COc1ccc(C2=CC=C(c3cnn4c(N)c(Br)c(C5CCC(C(=O)O)CC5)nc34)CN2)cc1CO. The number of fused-ring (bicyclic) bond motifs is 1. The number of hydrogen-bond acceptors (Lipinski definition) is 7. The number of anilines is 1. The molecule has 3 heterocycles. The Morgan fingerprint density at radius 2 is 2.06 bits per heavy atom. The van der Waals surface area contributed by atoms with Gasteiger partial charge in [-0.05, 0) is 77.0 Å². The lowest BCUT2D eigenvalue weighted by Crippen LogP contribution is -2.22. The van der Waals surface area contributed by atoms with Gasteiger partial charge >= 0.3 is 5.97 Å². The highest BCUT2D eigenvalue weighted by molar-refractivity contribution is 9.10. The summed E-state index contributed by atoms with van der Waals surface area (Å²) in [7, 11) is 1.59. The lowest BCUT2D eigenvalue weighted by Gasteiger charge is -2.26. The third kappa shape index (κ3) is 4.35. The van der Waals surface area contributed by atoms with E-state index in [4.69, 9.17) is 15.5 Å². The van der Waals surface area contributed by atoms with Gasteiger partial charge < -0.3 is 26.0 Å². The van der Waals surface area contributed by atoms with Crippen LogP contribution in [0, 0.1) is 5.92 Å². The number of nitrogens with one attached hydrogen (secondary N) is 1. The van der Waals surface area contributed by atoms with Crippen LogP contribution in [0.3, 0.4) is 0 Å². The third-order valence-electron chi connectivity index (χ3n) is 7.14. The molecule has 36 heavy (non-hydrogen) atoms. The molecular formula is C26H28BrN5O4. The molecule has 188 valence electrons. The highest BCUT2D eigenvalue weighted by Gasteiger charge is 2.30. The number of carboxylic acid groups (broad SMARTS) is 1. The summed E-state index contributed by atoms with van der Waals surface area (Å²) in [5.74, 6) is 0.273. The van der Waals surface area contributed by atoms with Gasteiger partial charge in [0.2, 0.25) is 0 Å². The van der Waals surface area contributed by atoms with Gasteiger partial charge in [-0.25, -0.2) is 4.98 Å². The first-order valence-electron chi connectivity index (χ1n) is 11.9. The van der Waals surface area contributed by atoms with Crippen molar-refractivity contribution in [3.8, 4) is 5.75 Å². The third-order valence-corrected chi connectivity index (χ3v) is 7.95. The van der Waals surface area contributed by atoms with Crippen LogP contribution < -0.4 is 15.8 Å². The van der Waals surface area contributed by atoms with Crippen molar-refractivity contribution in [3.63, 3.8) is 0 Å². The molecule has 5 rings (SSSR count). The molecule has 1 saturated carbocycles. The average molecular weight is 554 g/mol. The van der Waals surface area contributed by atoms with Crippen molar-refractivity contribution in [2.75, 3.05) is 19.4 Å². The molecule has 10 heteroatoms. The maximum absolute atomic E-state index is 11.4. The molecule has 0 unspecified atom stereocenters. The van der Waals surface area contributed by atoms with Crippen LogP contribution in [-0.4, -0.2) is 44.4 Å². The van der Waals surface area contributed by atoms with Gasteiger partial charge in [0.1, 0.15) is 11.6 Å². The number of nitrogens with two attached hydrogens (primary N) is 1. The van der Waals surface area contributed by atoms with Gasteiger partial charge in [-0.2, -0.15) is 9.61 Å². The number of ether oxygens (including phenoxy) is 1. The van der Waals surface area contributed by atoms with Crippen LogP contribution in [-0.2, 0) is 11.4 Å². The number of dihydropyridines is 1. The van der Waals surface area contributed by atoms with Crippen LogP contribution in [0.4, 0.5) is 5.82 Å². The number of aromatic nitrogens is 3. The zero-order valence-corrected chi connectivity index (χ0v) is 21.5. The Morgan fingerprint density at radius 1 is 1.28 bits per heavy atom. The standard InChI is InChI=1S/C26H28BrN5O4/c1-36-21-9-7-16(10-18(21)13-33)20-8-6-17(11-29-20)19-12-30-32-24(28)22(27)23(31-25(19)32)14-2-4-15(5-3-14)26(34)35/h6-10,12,14-15,29,33H,2-5,11,13,28H2,1H3,(H,34,35). The molecule has 1 aliphatic heterocycles. The summed E-state index contributed by atoms with van der Waals surface area (Å²) < 4.78 is 7.67. The summed E-state index contributed by atoms with van der Waals surface area (Å²) in [4.78, 5) is 16.3. The fraction of sp³-hybridized carbons (Fsp3) is 0.346. The topological polar surface area (TPSA) is 135 Å². The number of benzene rings is 1. The second-order valence-electron chi connectivity index (χ2n) is 9.19. The predicted molar refractivity (Wildman–Crippen MR) is 140 cm³/mol. The van der Waals surface area contributed by atoms with Crippen molar-refractivity contribution in [1.82, 2.24) is 19.9 Å². The van der Waals surface area contributed by atoms with E-state index in [1.54, 1.807) is 17.8 Å². The van der Waals surface area contributed by atoms with E-state index in [2.05, 4.69) is 26.3 Å². The van der Waals surface area contributed by atoms with Crippen molar-refractivity contribution in [2.45, 2.75) is 38.2 Å². The Labute approximate surface area is 216 Å². The zero-order valence-electron chi connectivity index (χ0n) is 19.9. The molecule has 1 aromatic carbocycles. The molecule has 1 aliphatic carbocycles. The lowest BCUT2D eigenvalue weighted by molar-refractivity contribution is -0.142. The van der Waals surface area contributed by atoms with Crippen LogP contribution in [0.1, 0.15) is 54.0 Å². The molecular weight excluding hydrogens is 526 g/mol. The largest absolute Gasteiger partial charge is 0.496 e. The molecule has 0 amide bonds. The van der Waals surface area contributed by atoms with Gasteiger partial charge in [-0.1, -0.05) is 6.08 Å². The second kappa shape index (κ2) is 9.94. The summed E-state index contributed by atoms with van der Waals surface area (Å²) in [6.07, 6.45) is 8.62. The minimum Gasteiger partial charge on any atom is -0.496 e. The predicted octanol–water partition coefficient (Wildman–Crippen LogP) is 3.96. The van der Waals surface area contributed by atoms with Gasteiger partial charge in [0, 0.05) is 29.3 Å². The summed E-state index contributed by atoms with van der Waals surface area (Å²) in [5.41, 5.74) is 12.5. The van der Waals surface area contributed by atoms with Gasteiger partial charge in [0.15, 0.2) is 5.65 Å². The molecule has 0 spiro atoms. The molecule has 3 aromatic rings. The van der Waals surface area contributed by atoms with Gasteiger partial charge in [0.25, 0.3) is 0 Å². The monoisotopic (exact) mass is 553 g/mol. The van der Waals surface area contributed by atoms with Gasteiger partial charge in [-0.3, -0.25) is 4.79 Å². The number of rotatable bonds is 6. The van der Waals surface area contributed by atoms with E-state index in [1.807, 2.05) is 30.4 Å². The van der Waals surface area contributed by atoms with Crippen LogP contribution in [0.2, 0.25) is 0 Å². The summed E-state index contributed by atoms with van der Waals surface area (Å²) >= 11 is 3.61. The molecule has 5 N–H and O–H groups in total. The summed E-state index contributed by atoms with van der Waals surface area (Å²) in [6.45, 7) is 0.473. The number of carboxylic acids is 1. The maximum atomic E-state index is 11.4. The summed E-state index contributed by atoms with van der Waals surface area (Å²) in [5, 5.41) is 26.9. The van der Waals surface area contributed by atoms with E-state index >= 15 is 0 Å². The van der Waals surface area contributed by atoms with Crippen LogP contribution in [0.25, 0.3) is 16.9 Å². The van der Waals surface area contributed by atoms with E-state index in [0.717, 1.165) is 51.0 Å². The number of nitrogens with zero attached hydrogens (tertiary/aromatic N) is 3. The number of carbonyl (C=O) groups is 1. The van der Waals surface area contributed by atoms with E-state index in [-0.39, 0.29) is 18.4 Å². The number of hydrogen-bond donors (Lipinski definition) is 4. The average Bonchev–Trinajstić information content (AvgIpc) is 3.34. The molecule has 0 atom stereocenters. The molecule has 1 fully saturated rings. The number of nitrogen functional groups attached to an aromatic ring is 1. The second-order valence-corrected chi connectivity index (χ2v) is 9.98. The van der Waals surface area contributed by atoms with Crippen LogP contribution in [0.5, 0.6) is 5.75 Å². The minimum absolute atomic E-state index is 0.100. The van der Waals surface area contributed by atoms with E-state index in [1.165, 1.54) is 0 Å². The van der Waals surface area contributed by atoms with Crippen LogP contribution >= 0.6 is 15.9 Å². The molecule has 0 radical (unpaired) electrons. The zero-order chi connectivity index (χ0) is 25.4. The lowest BCUT2D eigenvalue weighted by atomic mass is 9.80. The van der Waals surface area contributed by atoms with Crippen molar-refractivity contribution in [3.05, 3.63) is 63.4 Å². The van der Waals surface area contributed by atoms with Crippen molar-refractivity contribution < 1.29 is 19.7 Å². The molecule has 0 saturated heterocycles. The van der Waals surface area contributed by atoms with Gasteiger partial charge in [-0.15, -0.1) is 0 Å². The summed E-state index contributed by atoms with van der Waals surface area (Å²) in [6, 6.07) is 5.72. The fourth-order valence-corrected chi connectivity index (χ4v) is 5.65. The fourth-order valence-electron chi connectivity index (χ4n) is 5.07. The number of aliphatic hydroxyl groups is 1. The first kappa shape index (κ1) is 24.3. The Bertz CT molecular complexity index is 1390. The van der Waals surface area contributed by atoms with E-state index in [9.17, 15) is 15.0 Å². The molecule has 0 bridgehead atoms. The smallest absolute Gasteiger partial charge is 0.306 e. The highest BCUT2D eigenvalue weighted by atomic mass is 79.9. The van der Waals surface area contributed by atoms with Gasteiger partial charge in [0.05, 0.1) is 36.0 Å². The van der Waals surface area contributed by atoms with Crippen LogP contribution in [0.15, 0.2) is 41.0 Å². The first-order chi connectivity index (χ1) is 17.4. The van der Waals surface area contributed by atoms with E-state index < -0.39 is 5.97 Å². The number of aliphatic carboxylic acids is 1. The maximum Gasteiger partial charge on any atom is 0.306 e. The number of aliphatic hydroxyl groups excluding tert-OH is 1. The Morgan fingerprint density at radius 3 is 2.69 bits per heavy atom. The van der Waals surface area contributed by atoms with Crippen molar-refractivity contribution in [1.29, 1.82) is 0 Å². The van der Waals surface area contributed by atoms with E-state index in [0.29, 0.717) is 36.6 Å². The minimum atomic E-state index is -0.722. The Hall–Kier alpha value is -3.37. The number of methoxy groups -OCH3 is 1. The molecule has 2 aromatic heterocycles.